The fraction of sp³-hybridized carbons (Fsp3) is 0.409. The molecule has 0 saturated carbocycles. The molecule has 7 nitrogen and oxygen atoms in total. The van der Waals surface area contributed by atoms with Crippen LogP contribution in [0.3, 0.4) is 0 Å². The molecule has 0 aliphatic carbocycles. The number of nitrogens with one attached hydrogen (secondary N) is 1. The van der Waals surface area contributed by atoms with Crippen LogP contribution in [0.5, 0.6) is 5.75 Å². The van der Waals surface area contributed by atoms with Gasteiger partial charge < -0.3 is 20.5 Å². The van der Waals surface area contributed by atoms with Gasteiger partial charge >= 0.3 is 6.18 Å². The molecule has 2 amide bonds. The van der Waals surface area contributed by atoms with Crippen LogP contribution in [0, 0.1) is 17.6 Å². The molecule has 34 heavy (non-hydrogen) atoms. The van der Waals surface area contributed by atoms with Gasteiger partial charge in [-0.1, -0.05) is 13.0 Å². The zero-order valence-corrected chi connectivity index (χ0v) is 18.4. The topological polar surface area (TPSA) is 104 Å². The van der Waals surface area contributed by atoms with Crippen LogP contribution in [0.1, 0.15) is 42.7 Å². The van der Waals surface area contributed by atoms with E-state index >= 15 is 0 Å². The van der Waals surface area contributed by atoms with Crippen LogP contribution in [0.2, 0.25) is 0 Å². The van der Waals surface area contributed by atoms with Gasteiger partial charge in [-0.15, -0.1) is 0 Å². The van der Waals surface area contributed by atoms with Crippen molar-refractivity contribution in [3.05, 3.63) is 53.4 Å². The second-order valence-corrected chi connectivity index (χ2v) is 7.95. The standard InChI is InChI=1S/C22H22F5N3O4/c1-4-33-17-12(5-6-13(23)16(17)24)15-10(2)21(3,22(25,26)27)34-18(15)20(32)30-11-7-8-29-14(9-11)19(28)31/h5-10,15,18H,4H2,1-3H3,(H2,28,31)(H,29,30,32)/t10-,15-,18-,21+/m1/s1. The molecule has 1 aliphatic heterocycles. The van der Waals surface area contributed by atoms with E-state index in [0.717, 1.165) is 25.1 Å². The van der Waals surface area contributed by atoms with Crippen LogP contribution < -0.4 is 15.8 Å². The van der Waals surface area contributed by atoms with Crippen molar-refractivity contribution in [3.8, 4) is 5.75 Å². The summed E-state index contributed by atoms with van der Waals surface area (Å²) in [4.78, 5) is 28.2. The van der Waals surface area contributed by atoms with Gasteiger partial charge in [0.05, 0.1) is 6.61 Å². The van der Waals surface area contributed by atoms with Gasteiger partial charge in [-0.25, -0.2) is 4.39 Å². The molecule has 0 unspecified atom stereocenters. The first-order valence-electron chi connectivity index (χ1n) is 10.2. The van der Waals surface area contributed by atoms with Gasteiger partial charge in [-0.2, -0.15) is 17.6 Å². The number of carbonyl (C=O) groups is 2. The molecule has 2 aromatic rings. The van der Waals surface area contributed by atoms with Crippen molar-refractivity contribution in [2.24, 2.45) is 11.7 Å². The normalized spacial score (nSPS) is 24.6. The van der Waals surface area contributed by atoms with Crippen molar-refractivity contribution in [1.82, 2.24) is 4.98 Å². The highest BCUT2D eigenvalue weighted by Gasteiger charge is 2.65. The van der Waals surface area contributed by atoms with E-state index < -0.39 is 58.9 Å². The molecule has 1 aliphatic rings. The van der Waals surface area contributed by atoms with Gasteiger partial charge in [0.15, 0.2) is 17.2 Å². The first kappa shape index (κ1) is 25.3. The molecular weight excluding hydrogens is 465 g/mol. The Morgan fingerprint density at radius 2 is 1.94 bits per heavy atom. The van der Waals surface area contributed by atoms with Gasteiger partial charge in [0.1, 0.15) is 11.8 Å². The molecule has 0 spiro atoms. The molecule has 1 aromatic heterocycles. The summed E-state index contributed by atoms with van der Waals surface area (Å²) < 4.78 is 80.9. The number of pyridine rings is 1. The van der Waals surface area contributed by atoms with E-state index in [1.54, 1.807) is 0 Å². The number of primary amides is 1. The molecule has 3 rings (SSSR count). The summed E-state index contributed by atoms with van der Waals surface area (Å²) >= 11 is 0. The highest BCUT2D eigenvalue weighted by Crippen LogP contribution is 2.55. The molecule has 184 valence electrons. The second-order valence-electron chi connectivity index (χ2n) is 7.95. The summed E-state index contributed by atoms with van der Waals surface area (Å²) in [7, 11) is 0. The largest absolute Gasteiger partial charge is 0.490 e. The highest BCUT2D eigenvalue weighted by atomic mass is 19.4. The number of rotatable bonds is 6. The molecule has 0 bridgehead atoms. The maximum Gasteiger partial charge on any atom is 0.417 e. The van der Waals surface area contributed by atoms with E-state index in [9.17, 15) is 31.5 Å². The summed E-state index contributed by atoms with van der Waals surface area (Å²) in [5.41, 5.74) is 2.07. The minimum atomic E-state index is -4.89. The molecule has 1 fully saturated rings. The average molecular weight is 487 g/mol. The Bertz CT molecular complexity index is 1110. The van der Waals surface area contributed by atoms with E-state index in [4.69, 9.17) is 15.2 Å². The van der Waals surface area contributed by atoms with E-state index in [2.05, 4.69) is 10.3 Å². The minimum Gasteiger partial charge on any atom is -0.490 e. The number of nitrogens with zero attached hydrogens (tertiary/aromatic N) is 1. The summed E-state index contributed by atoms with van der Waals surface area (Å²) in [6.07, 6.45) is -5.48. The molecule has 4 atom stereocenters. The van der Waals surface area contributed by atoms with Gasteiger partial charge in [-0.3, -0.25) is 14.6 Å². The maximum atomic E-state index is 14.5. The van der Waals surface area contributed by atoms with Crippen molar-refractivity contribution in [2.75, 3.05) is 11.9 Å². The lowest BCUT2D eigenvalue weighted by atomic mass is 9.77. The van der Waals surface area contributed by atoms with Crippen molar-refractivity contribution in [2.45, 2.75) is 44.6 Å². The zero-order valence-electron chi connectivity index (χ0n) is 18.4. The van der Waals surface area contributed by atoms with Crippen LogP contribution in [0.15, 0.2) is 30.5 Å². The SMILES string of the molecule is CCOc1c([C@H]2[C@@H](C)[C@@](C)(C(F)(F)F)O[C@H]2C(=O)Nc2ccnc(C(N)=O)c2)ccc(F)c1F. The number of halogens is 5. The fourth-order valence-electron chi connectivity index (χ4n) is 3.98. The lowest BCUT2D eigenvalue weighted by molar-refractivity contribution is -0.272. The fourth-order valence-corrected chi connectivity index (χ4v) is 3.98. The Balaban J connectivity index is 2.09. The number of amides is 2. The smallest absolute Gasteiger partial charge is 0.417 e. The summed E-state index contributed by atoms with van der Waals surface area (Å²) in [5.74, 6) is -7.87. The minimum absolute atomic E-state index is 0.0275. The summed E-state index contributed by atoms with van der Waals surface area (Å²) in [6, 6.07) is 4.26. The van der Waals surface area contributed by atoms with E-state index in [0.29, 0.717) is 0 Å². The predicted molar refractivity (Wildman–Crippen MR) is 110 cm³/mol. The quantitative estimate of drug-likeness (QED) is 0.601. The second kappa shape index (κ2) is 9.16. The molecule has 12 heteroatoms. The number of ether oxygens (including phenoxy) is 2. The van der Waals surface area contributed by atoms with Crippen molar-refractivity contribution in [1.29, 1.82) is 0 Å². The third kappa shape index (κ3) is 4.41. The molecular formula is C22H22F5N3O4. The van der Waals surface area contributed by atoms with Gasteiger partial charge in [-0.05, 0) is 32.0 Å². The third-order valence-corrected chi connectivity index (χ3v) is 5.93. The Hall–Kier alpha value is -3.28. The van der Waals surface area contributed by atoms with Crippen molar-refractivity contribution < 1.29 is 41.0 Å². The van der Waals surface area contributed by atoms with Gasteiger partial charge in [0.25, 0.3) is 11.8 Å². The van der Waals surface area contributed by atoms with Crippen LogP contribution in [-0.2, 0) is 9.53 Å². The number of hydrogen-bond donors (Lipinski definition) is 2. The molecule has 2 heterocycles. The van der Waals surface area contributed by atoms with E-state index in [-0.39, 0.29) is 23.6 Å². The maximum absolute atomic E-state index is 14.5. The molecule has 1 aromatic carbocycles. The Kier molecular flexibility index (Phi) is 6.83. The lowest BCUT2D eigenvalue weighted by Crippen LogP contribution is -2.47. The zero-order chi connectivity index (χ0) is 25.4. The van der Waals surface area contributed by atoms with Gasteiger partial charge in [0.2, 0.25) is 5.82 Å². The van der Waals surface area contributed by atoms with Gasteiger partial charge in [0, 0.05) is 29.3 Å². The molecule has 3 N–H and O–H groups in total. The van der Waals surface area contributed by atoms with Crippen LogP contribution in [0.4, 0.5) is 27.6 Å². The van der Waals surface area contributed by atoms with Crippen LogP contribution in [-0.4, -0.2) is 41.3 Å². The van der Waals surface area contributed by atoms with E-state index in [1.807, 2.05) is 0 Å². The highest BCUT2D eigenvalue weighted by molar-refractivity contribution is 5.97. The number of aromatic nitrogens is 1. The lowest BCUT2D eigenvalue weighted by Gasteiger charge is -2.32. The van der Waals surface area contributed by atoms with Crippen molar-refractivity contribution >= 4 is 17.5 Å². The Morgan fingerprint density at radius 3 is 2.53 bits per heavy atom. The number of benzene rings is 1. The first-order chi connectivity index (χ1) is 15.8. The molecule has 1 saturated heterocycles. The first-order valence-corrected chi connectivity index (χ1v) is 10.2. The van der Waals surface area contributed by atoms with Crippen LogP contribution in [0.25, 0.3) is 0 Å². The molecule has 0 radical (unpaired) electrons. The number of anilines is 1. The number of hydrogen-bond acceptors (Lipinski definition) is 5. The number of nitrogens with two attached hydrogens (primary N) is 1. The predicted octanol–water partition coefficient (Wildman–Crippen LogP) is 3.94. The van der Waals surface area contributed by atoms with Crippen molar-refractivity contribution in [3.63, 3.8) is 0 Å². The number of alkyl halides is 3. The monoisotopic (exact) mass is 487 g/mol. The Morgan fingerprint density at radius 1 is 1.26 bits per heavy atom. The summed E-state index contributed by atoms with van der Waals surface area (Å²) in [5, 5.41) is 2.38. The average Bonchev–Trinajstić information content (AvgIpc) is 3.04. The summed E-state index contributed by atoms with van der Waals surface area (Å²) in [6.45, 7) is 3.39. The number of carbonyl (C=O) groups excluding carboxylic acids is 2. The third-order valence-electron chi connectivity index (χ3n) is 5.93. The Labute approximate surface area is 191 Å². The van der Waals surface area contributed by atoms with Crippen LogP contribution >= 0.6 is 0 Å². The van der Waals surface area contributed by atoms with E-state index in [1.165, 1.54) is 26.1 Å².